The van der Waals surface area contributed by atoms with E-state index < -0.39 is 0 Å². The minimum Gasteiger partial charge on any atom is -0.372 e. The highest BCUT2D eigenvalue weighted by molar-refractivity contribution is 8.00. The predicted octanol–water partition coefficient (Wildman–Crippen LogP) is 4.99. The zero-order chi connectivity index (χ0) is 18.4. The Labute approximate surface area is 159 Å². The van der Waals surface area contributed by atoms with Crippen molar-refractivity contribution >= 4 is 23.6 Å². The minimum absolute atomic E-state index is 0.135. The Kier molecular flexibility index (Phi) is 6.35. The second-order valence-electron chi connectivity index (χ2n) is 6.74. The summed E-state index contributed by atoms with van der Waals surface area (Å²) in [7, 11) is 0. The van der Waals surface area contributed by atoms with Gasteiger partial charge in [-0.1, -0.05) is 48.9 Å². The molecule has 0 amide bonds. The van der Waals surface area contributed by atoms with Crippen LogP contribution in [0.15, 0.2) is 58.8 Å². The maximum Gasteiger partial charge on any atom is 0.139 e. The Morgan fingerprint density at radius 3 is 2.73 bits per heavy atom. The lowest BCUT2D eigenvalue weighted by atomic mass is 9.91. The van der Waals surface area contributed by atoms with Gasteiger partial charge in [0, 0.05) is 5.70 Å². The molecule has 1 N–H and O–H groups in total. The van der Waals surface area contributed by atoms with Gasteiger partial charge in [0.15, 0.2) is 0 Å². The molecule has 0 radical (unpaired) electrons. The number of nitriles is 1. The van der Waals surface area contributed by atoms with E-state index in [9.17, 15) is 10.1 Å². The van der Waals surface area contributed by atoms with Gasteiger partial charge < -0.3 is 5.32 Å². The highest BCUT2D eigenvalue weighted by Crippen LogP contribution is 2.37. The average molecular weight is 365 g/mol. The molecule has 1 aromatic carbocycles. The number of nitrogens with one attached hydrogen (secondary N) is 1. The third-order valence-electron chi connectivity index (χ3n) is 4.72. The van der Waals surface area contributed by atoms with E-state index in [0.717, 1.165) is 36.0 Å². The first kappa shape index (κ1) is 18.5. The molecule has 0 fully saturated rings. The van der Waals surface area contributed by atoms with E-state index >= 15 is 0 Å². The normalized spacial score (nSPS) is 20.4. The van der Waals surface area contributed by atoms with Crippen molar-refractivity contribution in [2.75, 3.05) is 5.75 Å². The lowest BCUT2D eigenvalue weighted by Gasteiger charge is -2.29. The number of carbonyl (C=O) groups is 1. The van der Waals surface area contributed by atoms with E-state index in [2.05, 4.69) is 35.7 Å². The van der Waals surface area contributed by atoms with Crippen molar-refractivity contribution < 1.29 is 4.79 Å². The molecule has 0 saturated carbocycles. The molecule has 26 heavy (non-hydrogen) atoms. The van der Waals surface area contributed by atoms with Crippen molar-refractivity contribution in [3.8, 4) is 6.07 Å². The summed E-state index contributed by atoms with van der Waals surface area (Å²) in [5.41, 5.74) is 5.46. The number of nitrogens with zero attached hydrogens (tertiary/aromatic N) is 1. The van der Waals surface area contributed by atoms with Crippen molar-refractivity contribution in [3.05, 3.63) is 64.4 Å². The summed E-state index contributed by atoms with van der Waals surface area (Å²) in [5, 5.41) is 13.3. The van der Waals surface area contributed by atoms with Crippen LogP contribution >= 0.6 is 11.8 Å². The Bertz CT molecular complexity index is 799. The standard InChI is InChI=1S/C22H24N2OS/c1-16(25)15-26-22-20(14-23)18(13-12-17-8-4-2-5-9-17)19-10-6-3-7-11-21(19)24-22/h2,4-5,8-9,12-13,22,24H,3,6-7,10-11,15H2,1H3/b13-12+. The highest BCUT2D eigenvalue weighted by atomic mass is 32.2. The quantitative estimate of drug-likeness (QED) is 0.800. The van der Waals surface area contributed by atoms with E-state index in [4.69, 9.17) is 0 Å². The van der Waals surface area contributed by atoms with Gasteiger partial charge in [-0.25, -0.2) is 0 Å². The van der Waals surface area contributed by atoms with Gasteiger partial charge in [-0.15, -0.1) is 11.8 Å². The van der Waals surface area contributed by atoms with Crippen molar-refractivity contribution in [3.63, 3.8) is 0 Å². The van der Waals surface area contributed by atoms with Gasteiger partial charge >= 0.3 is 0 Å². The number of carbonyl (C=O) groups excluding carboxylic acids is 1. The Balaban J connectivity index is 1.98. The lowest BCUT2D eigenvalue weighted by Crippen LogP contribution is -2.33. The lowest BCUT2D eigenvalue weighted by molar-refractivity contribution is -0.114. The fourth-order valence-corrected chi connectivity index (χ4v) is 4.42. The molecule has 4 heteroatoms. The molecule has 1 unspecified atom stereocenters. The Morgan fingerprint density at radius 2 is 2.00 bits per heavy atom. The molecule has 3 nitrogen and oxygen atoms in total. The molecule has 0 bridgehead atoms. The van der Waals surface area contributed by atoms with Crippen LogP contribution in [0, 0.1) is 11.3 Å². The van der Waals surface area contributed by atoms with Gasteiger partial charge in [0.25, 0.3) is 0 Å². The van der Waals surface area contributed by atoms with Gasteiger partial charge in [0.2, 0.25) is 0 Å². The first-order valence-electron chi connectivity index (χ1n) is 9.16. The third kappa shape index (κ3) is 4.47. The summed E-state index contributed by atoms with van der Waals surface area (Å²) in [6.45, 7) is 1.60. The van der Waals surface area contributed by atoms with Gasteiger partial charge in [-0.2, -0.15) is 5.26 Å². The summed E-state index contributed by atoms with van der Waals surface area (Å²) < 4.78 is 0. The number of thioether (sulfide) groups is 1. The van der Waals surface area contributed by atoms with Crippen molar-refractivity contribution in [2.45, 2.75) is 44.4 Å². The molecular formula is C22H24N2OS. The molecule has 1 aliphatic carbocycles. The number of rotatable bonds is 5. The Morgan fingerprint density at radius 1 is 1.23 bits per heavy atom. The number of hydrogen-bond acceptors (Lipinski definition) is 4. The topological polar surface area (TPSA) is 52.9 Å². The summed E-state index contributed by atoms with van der Waals surface area (Å²) in [6.07, 6.45) is 9.76. The highest BCUT2D eigenvalue weighted by Gasteiger charge is 2.28. The maximum absolute atomic E-state index is 11.4. The monoisotopic (exact) mass is 364 g/mol. The van der Waals surface area contributed by atoms with Crippen LogP contribution in [0.2, 0.25) is 0 Å². The van der Waals surface area contributed by atoms with Crippen LogP contribution in [0.25, 0.3) is 6.08 Å². The van der Waals surface area contributed by atoms with Gasteiger partial charge in [0.05, 0.1) is 17.4 Å². The second-order valence-corrected chi connectivity index (χ2v) is 7.83. The molecule has 134 valence electrons. The molecule has 1 atom stereocenters. The van der Waals surface area contributed by atoms with Crippen molar-refractivity contribution in [2.24, 2.45) is 0 Å². The average Bonchev–Trinajstić information content (AvgIpc) is 2.90. The van der Waals surface area contributed by atoms with E-state index in [-0.39, 0.29) is 11.2 Å². The van der Waals surface area contributed by atoms with Crippen LogP contribution in [0.3, 0.4) is 0 Å². The largest absolute Gasteiger partial charge is 0.372 e. The minimum atomic E-state index is -0.142. The summed E-state index contributed by atoms with van der Waals surface area (Å²) >= 11 is 1.52. The summed E-state index contributed by atoms with van der Waals surface area (Å²) in [5.74, 6) is 0.553. The van der Waals surface area contributed by atoms with Crippen molar-refractivity contribution in [1.29, 1.82) is 5.26 Å². The smallest absolute Gasteiger partial charge is 0.139 e. The van der Waals surface area contributed by atoms with Crippen LogP contribution in [0.5, 0.6) is 0 Å². The van der Waals surface area contributed by atoms with Crippen LogP contribution in [-0.2, 0) is 4.79 Å². The molecule has 1 aliphatic heterocycles. The second kappa shape index (κ2) is 8.91. The molecule has 0 spiro atoms. The zero-order valence-corrected chi connectivity index (χ0v) is 15.9. The SMILES string of the molecule is CC(=O)CSC1NC2=C(CCCCC2)C(/C=C/c2ccccc2)=C1C#N. The van der Waals surface area contributed by atoms with E-state index in [1.165, 1.54) is 35.9 Å². The van der Waals surface area contributed by atoms with Crippen molar-refractivity contribution in [1.82, 2.24) is 5.32 Å². The molecule has 0 aromatic heterocycles. The number of hydrogen-bond donors (Lipinski definition) is 1. The molecule has 1 aromatic rings. The first-order valence-corrected chi connectivity index (χ1v) is 10.2. The molecule has 1 heterocycles. The zero-order valence-electron chi connectivity index (χ0n) is 15.1. The van der Waals surface area contributed by atoms with Gasteiger partial charge in [-0.3, -0.25) is 4.79 Å². The Hall–Kier alpha value is -2.25. The predicted molar refractivity (Wildman–Crippen MR) is 108 cm³/mol. The van der Waals surface area contributed by atoms with Crippen LogP contribution in [0.4, 0.5) is 0 Å². The summed E-state index contributed by atoms with van der Waals surface area (Å²) in [6, 6.07) is 12.6. The number of allylic oxidation sites excluding steroid dienone is 4. The number of dihydropyridines is 1. The van der Waals surface area contributed by atoms with E-state index in [0.29, 0.717) is 5.75 Å². The van der Waals surface area contributed by atoms with Crippen LogP contribution < -0.4 is 5.32 Å². The fourth-order valence-electron chi connectivity index (χ4n) is 3.45. The first-order chi connectivity index (χ1) is 12.7. The number of ketones is 1. The molecule has 2 aliphatic rings. The van der Waals surface area contributed by atoms with Crippen LogP contribution in [0.1, 0.15) is 44.6 Å². The van der Waals surface area contributed by atoms with E-state index in [1.54, 1.807) is 6.92 Å². The van der Waals surface area contributed by atoms with Crippen LogP contribution in [-0.4, -0.2) is 16.9 Å². The molecule has 3 rings (SSSR count). The maximum atomic E-state index is 11.4. The molecular weight excluding hydrogens is 340 g/mol. The number of Topliss-reactive ketones (excluding diaryl/α,β-unsaturated/α-hetero) is 1. The molecule has 0 saturated heterocycles. The fraction of sp³-hybridized carbons (Fsp3) is 0.364. The third-order valence-corrected chi connectivity index (χ3v) is 5.98. The van der Waals surface area contributed by atoms with Gasteiger partial charge in [-0.05, 0) is 49.3 Å². The van der Waals surface area contributed by atoms with Gasteiger partial charge in [0.1, 0.15) is 11.2 Å². The summed E-state index contributed by atoms with van der Waals surface area (Å²) in [4.78, 5) is 11.4. The number of benzene rings is 1. The van der Waals surface area contributed by atoms with E-state index in [1.807, 2.05) is 18.2 Å².